The number of ether oxygens (including phenoxy) is 1. The summed E-state index contributed by atoms with van der Waals surface area (Å²) in [7, 11) is 1.27. The summed E-state index contributed by atoms with van der Waals surface area (Å²) in [5.41, 5.74) is 1.85. The highest BCUT2D eigenvalue weighted by molar-refractivity contribution is 9.10. The fourth-order valence-corrected chi connectivity index (χ4v) is 3.25. The third-order valence-electron chi connectivity index (χ3n) is 4.32. The zero-order valence-corrected chi connectivity index (χ0v) is 17.1. The molecular formula is C20H18BrN3O5. The Bertz CT molecular complexity index is 975. The van der Waals surface area contributed by atoms with Crippen LogP contribution < -0.4 is 10.6 Å². The lowest BCUT2D eigenvalue weighted by Crippen LogP contribution is -2.31. The van der Waals surface area contributed by atoms with Gasteiger partial charge in [-0.1, -0.05) is 15.9 Å². The summed E-state index contributed by atoms with van der Waals surface area (Å²) < 4.78 is 5.23. The van der Waals surface area contributed by atoms with Gasteiger partial charge in [0.05, 0.1) is 18.2 Å². The van der Waals surface area contributed by atoms with Gasteiger partial charge < -0.3 is 10.1 Å². The SMILES string of the molecule is COC(=O)Nc1ccc(NC(=O)CCCN2C(=O)c3ccc(Br)cc3C2=O)cc1. The van der Waals surface area contributed by atoms with Crippen LogP contribution in [0.2, 0.25) is 0 Å². The molecule has 0 spiro atoms. The number of nitrogens with zero attached hydrogens (tertiary/aromatic N) is 1. The first-order chi connectivity index (χ1) is 13.9. The van der Waals surface area contributed by atoms with E-state index in [1.807, 2.05) is 0 Å². The van der Waals surface area contributed by atoms with Crippen molar-refractivity contribution in [2.45, 2.75) is 12.8 Å². The van der Waals surface area contributed by atoms with E-state index in [1.165, 1.54) is 7.11 Å². The van der Waals surface area contributed by atoms with Gasteiger partial charge in [0.2, 0.25) is 5.91 Å². The number of benzene rings is 2. The second kappa shape index (κ2) is 8.87. The van der Waals surface area contributed by atoms with Gasteiger partial charge in [-0.3, -0.25) is 24.6 Å². The molecule has 2 aromatic rings. The van der Waals surface area contributed by atoms with Gasteiger partial charge >= 0.3 is 6.09 Å². The molecule has 8 nitrogen and oxygen atoms in total. The molecule has 1 aliphatic rings. The molecule has 0 saturated heterocycles. The fraction of sp³-hybridized carbons (Fsp3) is 0.200. The quantitative estimate of drug-likeness (QED) is 0.641. The standard InChI is InChI=1S/C20H18BrN3O5/c1-29-20(28)23-14-7-5-13(6-8-14)22-17(25)3-2-10-24-18(26)15-9-4-12(21)11-16(15)19(24)27/h4-9,11H,2-3,10H2,1H3,(H,22,25)(H,23,28). The molecule has 150 valence electrons. The summed E-state index contributed by atoms with van der Waals surface area (Å²) in [5.74, 6) is -0.926. The van der Waals surface area contributed by atoms with Gasteiger partial charge in [-0.25, -0.2) is 4.79 Å². The van der Waals surface area contributed by atoms with E-state index in [1.54, 1.807) is 42.5 Å². The minimum absolute atomic E-state index is 0.152. The molecule has 0 fully saturated rings. The molecule has 2 aromatic carbocycles. The molecular weight excluding hydrogens is 442 g/mol. The molecule has 0 unspecified atom stereocenters. The minimum atomic E-state index is -0.581. The van der Waals surface area contributed by atoms with E-state index in [0.717, 1.165) is 9.37 Å². The third kappa shape index (κ3) is 4.80. The second-order valence-corrected chi connectivity index (χ2v) is 7.21. The van der Waals surface area contributed by atoms with Gasteiger partial charge in [-0.05, 0) is 48.9 Å². The van der Waals surface area contributed by atoms with Gasteiger partial charge in [-0.15, -0.1) is 0 Å². The van der Waals surface area contributed by atoms with E-state index in [2.05, 4.69) is 31.3 Å². The number of nitrogens with one attached hydrogen (secondary N) is 2. The summed E-state index contributed by atoms with van der Waals surface area (Å²) in [6.07, 6.45) is -0.0815. The summed E-state index contributed by atoms with van der Waals surface area (Å²) in [6, 6.07) is 11.5. The molecule has 1 heterocycles. The van der Waals surface area contributed by atoms with E-state index < -0.39 is 6.09 Å². The van der Waals surface area contributed by atoms with Crippen LogP contribution in [0.4, 0.5) is 16.2 Å². The number of imide groups is 1. The Kier molecular flexibility index (Phi) is 6.28. The van der Waals surface area contributed by atoms with Gasteiger partial charge in [0.15, 0.2) is 0 Å². The lowest BCUT2D eigenvalue weighted by molar-refractivity contribution is -0.116. The van der Waals surface area contributed by atoms with E-state index in [4.69, 9.17) is 0 Å². The van der Waals surface area contributed by atoms with Crippen LogP contribution in [0.5, 0.6) is 0 Å². The third-order valence-corrected chi connectivity index (χ3v) is 4.81. The molecule has 29 heavy (non-hydrogen) atoms. The van der Waals surface area contributed by atoms with Gasteiger partial charge in [0, 0.05) is 28.8 Å². The molecule has 0 aromatic heterocycles. The molecule has 0 atom stereocenters. The van der Waals surface area contributed by atoms with Crippen molar-refractivity contribution in [1.82, 2.24) is 4.90 Å². The number of amides is 4. The molecule has 3 rings (SSSR count). The maximum Gasteiger partial charge on any atom is 0.411 e. The Morgan fingerprint density at radius 3 is 2.24 bits per heavy atom. The van der Waals surface area contributed by atoms with Crippen molar-refractivity contribution in [3.05, 3.63) is 58.1 Å². The van der Waals surface area contributed by atoms with Crippen LogP contribution in [0.25, 0.3) is 0 Å². The fourth-order valence-electron chi connectivity index (χ4n) is 2.89. The summed E-state index contributed by atoms with van der Waals surface area (Å²) in [5, 5.41) is 5.24. The summed E-state index contributed by atoms with van der Waals surface area (Å²) in [4.78, 5) is 49.2. The van der Waals surface area contributed by atoms with Crippen molar-refractivity contribution in [2.24, 2.45) is 0 Å². The number of hydrogen-bond donors (Lipinski definition) is 2. The highest BCUT2D eigenvalue weighted by Crippen LogP contribution is 2.26. The Balaban J connectivity index is 1.49. The van der Waals surface area contributed by atoms with Crippen molar-refractivity contribution in [3.63, 3.8) is 0 Å². The highest BCUT2D eigenvalue weighted by atomic mass is 79.9. The lowest BCUT2D eigenvalue weighted by Gasteiger charge is -2.13. The van der Waals surface area contributed by atoms with Crippen LogP contribution in [0.3, 0.4) is 0 Å². The van der Waals surface area contributed by atoms with Crippen molar-refractivity contribution in [1.29, 1.82) is 0 Å². The van der Waals surface area contributed by atoms with Gasteiger partial charge in [0.25, 0.3) is 11.8 Å². The molecule has 0 saturated carbocycles. The molecule has 0 radical (unpaired) electrons. The lowest BCUT2D eigenvalue weighted by atomic mass is 10.1. The number of hydrogen-bond acceptors (Lipinski definition) is 5. The average Bonchev–Trinajstić information content (AvgIpc) is 2.93. The minimum Gasteiger partial charge on any atom is -0.453 e. The number of methoxy groups -OCH3 is 1. The molecule has 4 amide bonds. The Morgan fingerprint density at radius 2 is 1.59 bits per heavy atom. The number of halogens is 1. The maximum atomic E-state index is 12.4. The van der Waals surface area contributed by atoms with Crippen LogP contribution in [-0.2, 0) is 9.53 Å². The smallest absolute Gasteiger partial charge is 0.411 e. The Labute approximate surface area is 175 Å². The molecule has 0 aliphatic carbocycles. The number of carbonyl (C=O) groups excluding carboxylic acids is 4. The number of anilines is 2. The first-order valence-electron chi connectivity index (χ1n) is 8.79. The van der Waals surface area contributed by atoms with Crippen LogP contribution in [0, 0.1) is 0 Å². The monoisotopic (exact) mass is 459 g/mol. The van der Waals surface area contributed by atoms with Crippen LogP contribution in [-0.4, -0.2) is 42.4 Å². The van der Waals surface area contributed by atoms with E-state index >= 15 is 0 Å². The van der Waals surface area contributed by atoms with Crippen LogP contribution in [0.1, 0.15) is 33.6 Å². The zero-order valence-electron chi connectivity index (χ0n) is 15.5. The maximum absolute atomic E-state index is 12.4. The number of fused-ring (bicyclic) bond motifs is 1. The first kappa shape index (κ1) is 20.5. The topological polar surface area (TPSA) is 105 Å². The number of carbonyl (C=O) groups is 4. The second-order valence-electron chi connectivity index (χ2n) is 6.30. The van der Waals surface area contributed by atoms with Crippen molar-refractivity contribution < 1.29 is 23.9 Å². The van der Waals surface area contributed by atoms with Crippen molar-refractivity contribution in [2.75, 3.05) is 24.3 Å². The predicted octanol–water partition coefficient (Wildman–Crippen LogP) is 3.64. The first-order valence-corrected chi connectivity index (χ1v) is 9.59. The van der Waals surface area contributed by atoms with Gasteiger partial charge in [-0.2, -0.15) is 0 Å². The molecule has 0 bridgehead atoms. The van der Waals surface area contributed by atoms with Crippen molar-refractivity contribution in [3.8, 4) is 0 Å². The Hall–Kier alpha value is -3.20. The predicted molar refractivity (Wildman–Crippen MR) is 110 cm³/mol. The zero-order chi connectivity index (χ0) is 21.0. The Morgan fingerprint density at radius 1 is 0.966 bits per heavy atom. The molecule has 9 heteroatoms. The van der Waals surface area contributed by atoms with Gasteiger partial charge in [0.1, 0.15) is 0 Å². The molecule has 2 N–H and O–H groups in total. The summed E-state index contributed by atoms with van der Waals surface area (Å²) >= 11 is 3.29. The van der Waals surface area contributed by atoms with E-state index in [9.17, 15) is 19.2 Å². The average molecular weight is 460 g/mol. The van der Waals surface area contributed by atoms with Crippen molar-refractivity contribution >= 4 is 51.1 Å². The molecule has 1 aliphatic heterocycles. The number of rotatable bonds is 6. The summed E-state index contributed by atoms with van der Waals surface area (Å²) in [6.45, 7) is 0.166. The normalized spacial score (nSPS) is 12.6. The van der Waals surface area contributed by atoms with E-state index in [0.29, 0.717) is 28.9 Å². The highest BCUT2D eigenvalue weighted by Gasteiger charge is 2.35. The largest absolute Gasteiger partial charge is 0.453 e. The van der Waals surface area contributed by atoms with E-state index in [-0.39, 0.29) is 30.7 Å². The van der Waals surface area contributed by atoms with Crippen LogP contribution in [0.15, 0.2) is 46.9 Å². The van der Waals surface area contributed by atoms with Crippen LogP contribution >= 0.6 is 15.9 Å².